The summed E-state index contributed by atoms with van der Waals surface area (Å²) < 4.78 is 5.70. The Kier molecular flexibility index (Phi) is 5.60. The fourth-order valence-electron chi connectivity index (χ4n) is 2.92. The fourth-order valence-corrected chi connectivity index (χ4v) is 2.92. The lowest BCUT2D eigenvalue weighted by Gasteiger charge is -2.33. The van der Waals surface area contributed by atoms with E-state index in [4.69, 9.17) is 4.74 Å². The van der Waals surface area contributed by atoms with Crippen LogP contribution in [0.1, 0.15) is 26.7 Å². The molecule has 0 aliphatic carbocycles. The summed E-state index contributed by atoms with van der Waals surface area (Å²) in [5.74, 6) is 0.553. The first-order valence-electron chi connectivity index (χ1n) is 7.55. The largest absolute Gasteiger partial charge is 0.374 e. The molecule has 0 aromatic rings. The van der Waals surface area contributed by atoms with E-state index in [2.05, 4.69) is 29.4 Å². The number of likely N-dealkylation sites (N-methyl/N-ethyl adjacent to an activating group) is 1. The van der Waals surface area contributed by atoms with E-state index < -0.39 is 0 Å². The number of hydrogen-bond donors (Lipinski definition) is 2. The standard InChI is InChI=1S/C14H27N3O2/c1-3-17-7-8-19-12(10-17)9-16-14(18)13-11(2)5-4-6-15-13/h11-13,15H,3-10H2,1-2H3,(H,16,18). The number of nitrogens with zero attached hydrogens (tertiary/aromatic N) is 1. The molecule has 0 saturated carbocycles. The summed E-state index contributed by atoms with van der Waals surface area (Å²) in [5, 5.41) is 6.36. The minimum atomic E-state index is -0.0281. The van der Waals surface area contributed by atoms with E-state index in [0.29, 0.717) is 12.5 Å². The number of amides is 1. The van der Waals surface area contributed by atoms with Gasteiger partial charge in [0.2, 0.25) is 5.91 Å². The van der Waals surface area contributed by atoms with Gasteiger partial charge in [-0.2, -0.15) is 0 Å². The molecule has 0 spiro atoms. The number of piperidine rings is 1. The Morgan fingerprint density at radius 1 is 1.53 bits per heavy atom. The third kappa shape index (κ3) is 4.16. The molecule has 2 rings (SSSR count). The Bertz CT molecular complexity index is 298. The average Bonchev–Trinajstić information content (AvgIpc) is 2.45. The Morgan fingerprint density at radius 3 is 3.11 bits per heavy atom. The maximum Gasteiger partial charge on any atom is 0.237 e. The molecule has 5 nitrogen and oxygen atoms in total. The molecule has 3 unspecified atom stereocenters. The molecule has 110 valence electrons. The molecule has 2 aliphatic rings. The monoisotopic (exact) mass is 269 g/mol. The van der Waals surface area contributed by atoms with Crippen molar-refractivity contribution in [3.05, 3.63) is 0 Å². The van der Waals surface area contributed by atoms with Crippen LogP contribution in [0.4, 0.5) is 0 Å². The molecule has 0 aromatic heterocycles. The number of carbonyl (C=O) groups is 1. The number of rotatable bonds is 4. The summed E-state index contributed by atoms with van der Waals surface area (Å²) >= 11 is 0. The minimum Gasteiger partial charge on any atom is -0.374 e. The number of ether oxygens (including phenoxy) is 1. The third-order valence-corrected chi connectivity index (χ3v) is 4.23. The summed E-state index contributed by atoms with van der Waals surface area (Å²) in [6.45, 7) is 9.63. The normalized spacial score (nSPS) is 33.1. The van der Waals surface area contributed by atoms with E-state index >= 15 is 0 Å². The zero-order valence-electron chi connectivity index (χ0n) is 12.2. The van der Waals surface area contributed by atoms with Gasteiger partial charge in [-0.1, -0.05) is 13.8 Å². The molecular formula is C14H27N3O2. The van der Waals surface area contributed by atoms with Crippen molar-refractivity contribution in [1.82, 2.24) is 15.5 Å². The van der Waals surface area contributed by atoms with Gasteiger partial charge in [0.25, 0.3) is 0 Å². The van der Waals surface area contributed by atoms with Crippen molar-refractivity contribution in [2.24, 2.45) is 5.92 Å². The van der Waals surface area contributed by atoms with Crippen LogP contribution in [0.2, 0.25) is 0 Å². The predicted molar refractivity (Wildman–Crippen MR) is 75.1 cm³/mol. The molecule has 19 heavy (non-hydrogen) atoms. The molecule has 0 radical (unpaired) electrons. The van der Waals surface area contributed by atoms with Crippen molar-refractivity contribution in [1.29, 1.82) is 0 Å². The summed E-state index contributed by atoms with van der Waals surface area (Å²) in [7, 11) is 0. The highest BCUT2D eigenvalue weighted by molar-refractivity contribution is 5.82. The van der Waals surface area contributed by atoms with Crippen molar-refractivity contribution in [2.45, 2.75) is 38.8 Å². The summed E-state index contributed by atoms with van der Waals surface area (Å²) in [4.78, 5) is 14.5. The van der Waals surface area contributed by atoms with E-state index in [-0.39, 0.29) is 18.1 Å². The van der Waals surface area contributed by atoms with Gasteiger partial charge in [0.1, 0.15) is 0 Å². The second kappa shape index (κ2) is 7.22. The molecule has 3 atom stereocenters. The first-order valence-corrected chi connectivity index (χ1v) is 7.55. The number of nitrogens with one attached hydrogen (secondary N) is 2. The third-order valence-electron chi connectivity index (χ3n) is 4.23. The quantitative estimate of drug-likeness (QED) is 0.766. The van der Waals surface area contributed by atoms with Crippen molar-refractivity contribution in [3.63, 3.8) is 0 Å². The van der Waals surface area contributed by atoms with Crippen molar-refractivity contribution in [2.75, 3.05) is 39.3 Å². The van der Waals surface area contributed by atoms with Gasteiger partial charge >= 0.3 is 0 Å². The minimum absolute atomic E-state index is 0.0281. The Morgan fingerprint density at radius 2 is 2.37 bits per heavy atom. The highest BCUT2D eigenvalue weighted by Gasteiger charge is 2.28. The van der Waals surface area contributed by atoms with E-state index in [1.54, 1.807) is 0 Å². The molecule has 5 heteroatoms. The topological polar surface area (TPSA) is 53.6 Å². The maximum atomic E-state index is 12.2. The van der Waals surface area contributed by atoms with Crippen LogP contribution in [0, 0.1) is 5.92 Å². The number of carbonyl (C=O) groups excluding carboxylic acids is 1. The van der Waals surface area contributed by atoms with Gasteiger partial charge in [-0.15, -0.1) is 0 Å². The molecule has 0 bridgehead atoms. The van der Waals surface area contributed by atoms with Crippen molar-refractivity contribution in [3.8, 4) is 0 Å². The average molecular weight is 269 g/mol. The summed E-state index contributed by atoms with van der Waals surface area (Å²) in [6, 6.07) is -0.0281. The van der Waals surface area contributed by atoms with Crippen LogP contribution in [0.15, 0.2) is 0 Å². The zero-order chi connectivity index (χ0) is 13.7. The maximum absolute atomic E-state index is 12.2. The second-order valence-electron chi connectivity index (χ2n) is 5.68. The lowest BCUT2D eigenvalue weighted by atomic mass is 9.92. The highest BCUT2D eigenvalue weighted by atomic mass is 16.5. The van der Waals surface area contributed by atoms with E-state index in [1.807, 2.05) is 0 Å². The Hall–Kier alpha value is -0.650. The molecule has 2 aliphatic heterocycles. The van der Waals surface area contributed by atoms with Gasteiger partial charge in [-0.25, -0.2) is 0 Å². The predicted octanol–water partition coefficient (Wildman–Crippen LogP) is 0.211. The van der Waals surface area contributed by atoms with Gasteiger partial charge in [0.15, 0.2) is 0 Å². The van der Waals surface area contributed by atoms with Crippen molar-refractivity contribution < 1.29 is 9.53 Å². The summed E-state index contributed by atoms with van der Waals surface area (Å²) in [5.41, 5.74) is 0. The fraction of sp³-hybridized carbons (Fsp3) is 0.929. The molecule has 2 heterocycles. The van der Waals surface area contributed by atoms with Crippen LogP contribution in [0.25, 0.3) is 0 Å². The van der Waals surface area contributed by atoms with E-state index in [1.165, 1.54) is 6.42 Å². The number of morpholine rings is 1. The molecule has 2 saturated heterocycles. The van der Waals surface area contributed by atoms with Crippen LogP contribution in [-0.4, -0.2) is 62.3 Å². The highest BCUT2D eigenvalue weighted by Crippen LogP contribution is 2.15. The van der Waals surface area contributed by atoms with Crippen LogP contribution in [0.5, 0.6) is 0 Å². The molecule has 0 aromatic carbocycles. The van der Waals surface area contributed by atoms with Crippen LogP contribution in [0.3, 0.4) is 0 Å². The van der Waals surface area contributed by atoms with Gasteiger partial charge in [0.05, 0.1) is 18.8 Å². The van der Waals surface area contributed by atoms with Gasteiger partial charge in [-0.3, -0.25) is 9.69 Å². The van der Waals surface area contributed by atoms with Crippen LogP contribution < -0.4 is 10.6 Å². The van der Waals surface area contributed by atoms with Gasteiger partial charge in [0, 0.05) is 19.6 Å². The Balaban J connectivity index is 1.73. The van der Waals surface area contributed by atoms with E-state index in [9.17, 15) is 4.79 Å². The first kappa shape index (κ1) is 14.8. The van der Waals surface area contributed by atoms with Crippen molar-refractivity contribution >= 4 is 5.91 Å². The van der Waals surface area contributed by atoms with E-state index in [0.717, 1.165) is 39.2 Å². The van der Waals surface area contributed by atoms with Crippen LogP contribution in [-0.2, 0) is 9.53 Å². The SMILES string of the molecule is CCN1CCOC(CNC(=O)C2NCCCC2C)C1. The molecule has 1 amide bonds. The lowest BCUT2D eigenvalue weighted by molar-refractivity contribution is -0.126. The lowest BCUT2D eigenvalue weighted by Crippen LogP contribution is -2.54. The Labute approximate surface area is 116 Å². The molecule has 2 N–H and O–H groups in total. The van der Waals surface area contributed by atoms with Gasteiger partial charge in [-0.05, 0) is 31.8 Å². The number of hydrogen-bond acceptors (Lipinski definition) is 4. The van der Waals surface area contributed by atoms with Crippen LogP contribution >= 0.6 is 0 Å². The molecule has 2 fully saturated rings. The smallest absolute Gasteiger partial charge is 0.237 e. The summed E-state index contributed by atoms with van der Waals surface area (Å²) in [6.07, 6.45) is 2.44. The van der Waals surface area contributed by atoms with Gasteiger partial charge < -0.3 is 15.4 Å². The molecular weight excluding hydrogens is 242 g/mol. The second-order valence-corrected chi connectivity index (χ2v) is 5.68. The zero-order valence-corrected chi connectivity index (χ0v) is 12.2. The first-order chi connectivity index (χ1) is 9.20.